The first kappa shape index (κ1) is 17.8. The van der Waals surface area contributed by atoms with E-state index >= 15 is 0 Å². The summed E-state index contributed by atoms with van der Waals surface area (Å²) in [5, 5.41) is 0. The molecule has 0 N–H and O–H groups in total. The third kappa shape index (κ3) is 3.37. The van der Waals surface area contributed by atoms with Crippen LogP contribution in [0.25, 0.3) is 0 Å². The summed E-state index contributed by atoms with van der Waals surface area (Å²) in [7, 11) is 0. The number of benzene rings is 1. The standard InChI is InChI=1S/C17H17BrF3NO/c1-3-7-16(8-4-2)9-10-22(15(23)17(19,20)21)14-11-12(18)5-6-13(14)16/h3-6,11H,1-2,7-10H2. The number of hydrogen-bond acceptors (Lipinski definition) is 1. The number of halogens is 4. The molecule has 0 aromatic heterocycles. The molecule has 1 heterocycles. The van der Waals surface area contributed by atoms with Crippen LogP contribution in [0.5, 0.6) is 0 Å². The number of anilines is 1. The molecular weight excluding hydrogens is 371 g/mol. The Morgan fingerprint density at radius 2 is 1.91 bits per heavy atom. The minimum Gasteiger partial charge on any atom is -0.304 e. The first-order valence-corrected chi connectivity index (χ1v) is 7.95. The van der Waals surface area contributed by atoms with Crippen LogP contribution >= 0.6 is 15.9 Å². The third-order valence-corrected chi connectivity index (χ3v) is 4.69. The molecule has 1 aliphatic rings. The average molecular weight is 388 g/mol. The van der Waals surface area contributed by atoms with Gasteiger partial charge in [-0.15, -0.1) is 13.2 Å². The van der Waals surface area contributed by atoms with E-state index in [1.165, 1.54) is 0 Å². The zero-order valence-electron chi connectivity index (χ0n) is 12.5. The minimum atomic E-state index is -4.89. The Labute approximate surface area is 141 Å². The summed E-state index contributed by atoms with van der Waals surface area (Å²) in [4.78, 5) is 12.6. The molecule has 0 radical (unpaired) electrons. The molecule has 0 spiro atoms. The van der Waals surface area contributed by atoms with Gasteiger partial charge >= 0.3 is 12.1 Å². The van der Waals surface area contributed by atoms with E-state index < -0.39 is 12.1 Å². The van der Waals surface area contributed by atoms with Crippen LogP contribution in [0.2, 0.25) is 0 Å². The largest absolute Gasteiger partial charge is 0.471 e. The van der Waals surface area contributed by atoms with E-state index in [2.05, 4.69) is 29.1 Å². The van der Waals surface area contributed by atoms with Crippen molar-refractivity contribution in [3.8, 4) is 0 Å². The van der Waals surface area contributed by atoms with Gasteiger partial charge in [-0.05, 0) is 37.0 Å². The fourth-order valence-electron chi connectivity index (χ4n) is 3.18. The van der Waals surface area contributed by atoms with Gasteiger partial charge < -0.3 is 4.90 Å². The number of fused-ring (bicyclic) bond motifs is 1. The van der Waals surface area contributed by atoms with E-state index in [0.717, 1.165) is 10.5 Å². The van der Waals surface area contributed by atoms with Crippen molar-refractivity contribution >= 4 is 27.5 Å². The van der Waals surface area contributed by atoms with Crippen LogP contribution in [0.1, 0.15) is 24.8 Å². The zero-order chi connectivity index (χ0) is 17.3. The maximum atomic E-state index is 12.9. The number of rotatable bonds is 4. The van der Waals surface area contributed by atoms with Crippen LogP contribution < -0.4 is 4.90 Å². The molecule has 1 aliphatic heterocycles. The molecule has 2 nitrogen and oxygen atoms in total. The van der Waals surface area contributed by atoms with Crippen LogP contribution in [-0.4, -0.2) is 18.6 Å². The van der Waals surface area contributed by atoms with Crippen molar-refractivity contribution in [2.45, 2.75) is 30.9 Å². The Morgan fingerprint density at radius 3 is 2.43 bits per heavy atom. The van der Waals surface area contributed by atoms with E-state index in [9.17, 15) is 18.0 Å². The van der Waals surface area contributed by atoms with Gasteiger partial charge in [-0.1, -0.05) is 34.1 Å². The zero-order valence-corrected chi connectivity index (χ0v) is 14.1. The molecule has 2 rings (SSSR count). The Morgan fingerprint density at radius 1 is 1.30 bits per heavy atom. The number of allylic oxidation sites excluding steroid dienone is 2. The van der Waals surface area contributed by atoms with Crippen molar-refractivity contribution in [3.63, 3.8) is 0 Å². The Hall–Kier alpha value is -1.56. The van der Waals surface area contributed by atoms with Gasteiger partial charge in [0.2, 0.25) is 0 Å². The van der Waals surface area contributed by atoms with Crippen LogP contribution in [0, 0.1) is 0 Å². The van der Waals surface area contributed by atoms with E-state index in [-0.39, 0.29) is 12.0 Å². The van der Waals surface area contributed by atoms with Crippen molar-refractivity contribution in [2.75, 3.05) is 11.4 Å². The van der Waals surface area contributed by atoms with Crippen LogP contribution in [0.4, 0.5) is 18.9 Å². The summed E-state index contributed by atoms with van der Waals surface area (Å²) in [6.07, 6.45) is 0.286. The lowest BCUT2D eigenvalue weighted by Gasteiger charge is -2.43. The Kier molecular flexibility index (Phi) is 5.04. The van der Waals surface area contributed by atoms with Gasteiger partial charge in [0.05, 0.1) is 0 Å². The molecule has 0 bridgehead atoms. The van der Waals surface area contributed by atoms with Crippen molar-refractivity contribution in [1.29, 1.82) is 0 Å². The third-order valence-electron chi connectivity index (χ3n) is 4.19. The highest BCUT2D eigenvalue weighted by atomic mass is 79.9. The lowest BCUT2D eigenvalue weighted by atomic mass is 9.69. The lowest BCUT2D eigenvalue weighted by Crippen LogP contribution is -2.48. The quantitative estimate of drug-likeness (QED) is 0.655. The van der Waals surface area contributed by atoms with Gasteiger partial charge in [0.15, 0.2) is 0 Å². The van der Waals surface area contributed by atoms with Gasteiger partial charge in [-0.3, -0.25) is 4.79 Å². The molecule has 1 aromatic rings. The van der Waals surface area contributed by atoms with Crippen LogP contribution in [0.3, 0.4) is 0 Å². The monoisotopic (exact) mass is 387 g/mol. The van der Waals surface area contributed by atoms with Gasteiger partial charge in [0.25, 0.3) is 0 Å². The average Bonchev–Trinajstić information content (AvgIpc) is 2.46. The van der Waals surface area contributed by atoms with E-state index in [1.54, 1.807) is 30.4 Å². The first-order chi connectivity index (χ1) is 10.7. The lowest BCUT2D eigenvalue weighted by molar-refractivity contribution is -0.170. The van der Waals surface area contributed by atoms with Gasteiger partial charge in [0, 0.05) is 22.1 Å². The maximum absolute atomic E-state index is 12.9. The number of nitrogens with zero attached hydrogens (tertiary/aromatic N) is 1. The molecular formula is C17H17BrF3NO. The number of carbonyl (C=O) groups is 1. The minimum absolute atomic E-state index is 0.0173. The highest BCUT2D eigenvalue weighted by Gasteiger charge is 2.47. The van der Waals surface area contributed by atoms with Crippen molar-refractivity contribution in [3.05, 3.63) is 53.5 Å². The second-order valence-corrected chi connectivity index (χ2v) is 6.55. The number of alkyl halides is 3. The SMILES string of the molecule is C=CCC1(CC=C)CCN(C(=O)C(F)(F)F)c2cc(Br)ccc21. The normalized spacial score (nSPS) is 16.6. The molecule has 0 saturated carbocycles. The van der Waals surface area contributed by atoms with Crippen LogP contribution in [-0.2, 0) is 10.2 Å². The van der Waals surface area contributed by atoms with Crippen molar-refractivity contribution in [2.24, 2.45) is 0 Å². The molecule has 23 heavy (non-hydrogen) atoms. The van der Waals surface area contributed by atoms with Crippen molar-refractivity contribution in [1.82, 2.24) is 0 Å². The second kappa shape index (κ2) is 6.51. The fourth-order valence-corrected chi connectivity index (χ4v) is 3.53. The molecule has 1 amide bonds. The molecule has 0 unspecified atom stereocenters. The topological polar surface area (TPSA) is 20.3 Å². The highest BCUT2D eigenvalue weighted by molar-refractivity contribution is 9.10. The molecule has 0 saturated heterocycles. The molecule has 6 heteroatoms. The predicted octanol–water partition coefficient (Wildman–Crippen LogP) is 5.14. The van der Waals surface area contributed by atoms with Gasteiger partial charge in [-0.25, -0.2) is 0 Å². The second-order valence-electron chi connectivity index (χ2n) is 5.63. The molecule has 1 aromatic carbocycles. The van der Waals surface area contributed by atoms with Crippen LogP contribution in [0.15, 0.2) is 48.0 Å². The van der Waals surface area contributed by atoms with E-state index in [4.69, 9.17) is 0 Å². The summed E-state index contributed by atoms with van der Waals surface area (Å²) in [6, 6.07) is 5.13. The molecule has 0 aliphatic carbocycles. The summed E-state index contributed by atoms with van der Waals surface area (Å²) in [6.45, 7) is 7.54. The molecule has 0 fully saturated rings. The summed E-state index contributed by atoms with van der Waals surface area (Å²) < 4.78 is 39.3. The van der Waals surface area contributed by atoms with Gasteiger partial charge in [0.1, 0.15) is 0 Å². The van der Waals surface area contributed by atoms with Gasteiger partial charge in [-0.2, -0.15) is 13.2 Å². The maximum Gasteiger partial charge on any atom is 0.471 e. The first-order valence-electron chi connectivity index (χ1n) is 7.16. The highest BCUT2D eigenvalue weighted by Crippen LogP contribution is 2.46. The summed E-state index contributed by atoms with van der Waals surface area (Å²) in [5.41, 5.74) is 0.656. The number of hydrogen-bond donors (Lipinski definition) is 0. The number of carbonyl (C=O) groups excluding carboxylic acids is 1. The van der Waals surface area contributed by atoms with Crippen molar-refractivity contribution < 1.29 is 18.0 Å². The Bertz CT molecular complexity index is 629. The Balaban J connectivity index is 2.59. The van der Waals surface area contributed by atoms with E-state index in [1.807, 2.05) is 0 Å². The predicted molar refractivity (Wildman–Crippen MR) is 88.5 cm³/mol. The fraction of sp³-hybridized carbons (Fsp3) is 0.353. The molecule has 0 atom stereocenters. The summed E-state index contributed by atoms with van der Waals surface area (Å²) >= 11 is 3.27. The summed E-state index contributed by atoms with van der Waals surface area (Å²) in [5.74, 6) is -1.83. The van der Waals surface area contributed by atoms with E-state index in [0.29, 0.717) is 29.4 Å². The number of amides is 1. The molecule has 124 valence electrons. The smallest absolute Gasteiger partial charge is 0.304 e.